The van der Waals surface area contributed by atoms with Gasteiger partial charge in [-0.3, -0.25) is 9.59 Å². The number of hydrogen-bond donors (Lipinski definition) is 1. The number of anilines is 2. The van der Waals surface area contributed by atoms with Gasteiger partial charge in [0, 0.05) is 17.0 Å². The number of imide groups is 1. The lowest BCUT2D eigenvalue weighted by atomic mass is 10.3. The van der Waals surface area contributed by atoms with Crippen LogP contribution in [0.3, 0.4) is 0 Å². The molecule has 0 bridgehead atoms. The number of nitrogens with zero attached hydrogens (tertiary/aromatic N) is 1. The highest BCUT2D eigenvalue weighted by molar-refractivity contribution is 8.00. The number of thioether (sulfide) groups is 1. The van der Waals surface area contributed by atoms with E-state index in [1.807, 2.05) is 12.1 Å². The Labute approximate surface area is 147 Å². The molecule has 1 heterocycles. The summed E-state index contributed by atoms with van der Waals surface area (Å²) in [6, 6.07) is 12.1. The van der Waals surface area contributed by atoms with Crippen molar-refractivity contribution in [2.75, 3.05) is 10.6 Å². The highest BCUT2D eigenvalue weighted by atomic mass is 35.5. The minimum absolute atomic E-state index is 0.112. The molecule has 3 rings (SSSR count). The molecule has 118 valence electrons. The van der Waals surface area contributed by atoms with Crippen LogP contribution in [0.5, 0.6) is 0 Å². The van der Waals surface area contributed by atoms with Crippen LogP contribution in [0.4, 0.5) is 11.4 Å². The summed E-state index contributed by atoms with van der Waals surface area (Å²) >= 11 is 13.4. The van der Waals surface area contributed by atoms with E-state index in [-0.39, 0.29) is 23.3 Å². The maximum Gasteiger partial charge on any atom is 0.247 e. The third kappa shape index (κ3) is 3.17. The number of carbonyl (C=O) groups is 2. The molecule has 4 nitrogen and oxygen atoms in total. The fourth-order valence-corrected chi connectivity index (χ4v) is 3.87. The van der Waals surface area contributed by atoms with Crippen molar-refractivity contribution in [1.82, 2.24) is 0 Å². The maximum absolute atomic E-state index is 12.6. The van der Waals surface area contributed by atoms with E-state index in [1.54, 1.807) is 30.3 Å². The minimum atomic E-state index is -0.501. The van der Waals surface area contributed by atoms with E-state index in [1.165, 1.54) is 11.8 Å². The third-order valence-corrected chi connectivity index (χ3v) is 5.40. The van der Waals surface area contributed by atoms with Crippen molar-refractivity contribution in [3.05, 3.63) is 52.5 Å². The van der Waals surface area contributed by atoms with Crippen LogP contribution in [0, 0.1) is 0 Å². The quantitative estimate of drug-likeness (QED) is 0.658. The van der Waals surface area contributed by atoms with E-state index in [2.05, 4.69) is 0 Å². The van der Waals surface area contributed by atoms with Crippen molar-refractivity contribution in [2.24, 2.45) is 0 Å². The van der Waals surface area contributed by atoms with Crippen molar-refractivity contribution >= 4 is 58.2 Å². The van der Waals surface area contributed by atoms with Crippen molar-refractivity contribution < 1.29 is 9.59 Å². The highest BCUT2D eigenvalue weighted by Gasteiger charge is 2.41. The van der Waals surface area contributed by atoms with Gasteiger partial charge < -0.3 is 5.73 Å². The van der Waals surface area contributed by atoms with Crippen molar-refractivity contribution in [3.8, 4) is 0 Å². The van der Waals surface area contributed by atoms with Crippen molar-refractivity contribution in [1.29, 1.82) is 0 Å². The van der Waals surface area contributed by atoms with Crippen molar-refractivity contribution in [3.63, 3.8) is 0 Å². The minimum Gasteiger partial charge on any atom is -0.399 e. The number of nitrogens with two attached hydrogens (primary N) is 1. The Morgan fingerprint density at radius 2 is 1.87 bits per heavy atom. The number of amides is 2. The number of halogens is 2. The Morgan fingerprint density at radius 3 is 2.61 bits per heavy atom. The second kappa shape index (κ2) is 6.43. The molecule has 0 spiro atoms. The molecule has 1 aliphatic rings. The normalized spacial score (nSPS) is 17.8. The zero-order valence-electron chi connectivity index (χ0n) is 11.8. The summed E-state index contributed by atoms with van der Waals surface area (Å²) in [5.41, 5.74) is 6.68. The zero-order valence-corrected chi connectivity index (χ0v) is 14.2. The molecular weight excluding hydrogens is 355 g/mol. The first-order valence-electron chi connectivity index (χ1n) is 6.80. The monoisotopic (exact) mass is 366 g/mol. The molecule has 2 aromatic carbocycles. The lowest BCUT2D eigenvalue weighted by Crippen LogP contribution is -2.31. The molecule has 1 unspecified atom stereocenters. The Kier molecular flexibility index (Phi) is 4.53. The molecule has 0 aliphatic carbocycles. The summed E-state index contributed by atoms with van der Waals surface area (Å²) in [5.74, 6) is -0.591. The lowest BCUT2D eigenvalue weighted by Gasteiger charge is -2.17. The molecular formula is C16H12Cl2N2O2S. The molecule has 0 aromatic heterocycles. The summed E-state index contributed by atoms with van der Waals surface area (Å²) in [7, 11) is 0. The van der Waals surface area contributed by atoms with Crippen LogP contribution in [0.1, 0.15) is 6.42 Å². The average molecular weight is 367 g/mol. The number of rotatable bonds is 3. The average Bonchev–Trinajstić information content (AvgIpc) is 2.77. The fourth-order valence-electron chi connectivity index (χ4n) is 2.37. The van der Waals surface area contributed by atoms with Gasteiger partial charge in [0.15, 0.2) is 0 Å². The summed E-state index contributed by atoms with van der Waals surface area (Å²) in [4.78, 5) is 26.9. The van der Waals surface area contributed by atoms with Gasteiger partial charge in [-0.2, -0.15) is 0 Å². The van der Waals surface area contributed by atoms with Crippen LogP contribution in [-0.2, 0) is 9.59 Å². The number of carbonyl (C=O) groups excluding carboxylic acids is 2. The van der Waals surface area contributed by atoms with Gasteiger partial charge in [-0.15, -0.1) is 11.8 Å². The smallest absolute Gasteiger partial charge is 0.247 e. The number of benzene rings is 2. The van der Waals surface area contributed by atoms with Gasteiger partial charge in [0.1, 0.15) is 0 Å². The Hall–Kier alpha value is -1.69. The molecule has 2 aromatic rings. The number of nitrogen functional groups attached to an aromatic ring is 1. The third-order valence-electron chi connectivity index (χ3n) is 3.41. The van der Waals surface area contributed by atoms with Gasteiger partial charge in [-0.25, -0.2) is 4.90 Å². The zero-order chi connectivity index (χ0) is 16.6. The maximum atomic E-state index is 12.6. The molecule has 1 fully saturated rings. The van der Waals surface area contributed by atoms with E-state index in [9.17, 15) is 9.59 Å². The van der Waals surface area contributed by atoms with E-state index >= 15 is 0 Å². The first kappa shape index (κ1) is 16.2. The fraction of sp³-hybridized carbons (Fsp3) is 0.125. The van der Waals surface area contributed by atoms with Crippen molar-refractivity contribution in [2.45, 2.75) is 16.6 Å². The summed E-state index contributed by atoms with van der Waals surface area (Å²) in [6.45, 7) is 0. The predicted octanol–water partition coefficient (Wildman–Crippen LogP) is 4.00. The summed E-state index contributed by atoms with van der Waals surface area (Å²) in [6.07, 6.45) is 0.112. The highest BCUT2D eigenvalue weighted by Crippen LogP contribution is 2.39. The molecule has 1 aliphatic heterocycles. The first-order chi connectivity index (χ1) is 11.0. The Balaban J connectivity index is 1.87. The number of hydrogen-bond acceptors (Lipinski definition) is 4. The lowest BCUT2D eigenvalue weighted by molar-refractivity contribution is -0.121. The first-order valence-corrected chi connectivity index (χ1v) is 8.44. The second-order valence-electron chi connectivity index (χ2n) is 5.02. The van der Waals surface area contributed by atoms with Crippen LogP contribution in [-0.4, -0.2) is 17.1 Å². The molecule has 7 heteroatoms. The van der Waals surface area contributed by atoms with Gasteiger partial charge in [0.2, 0.25) is 11.8 Å². The molecule has 0 saturated carbocycles. The van der Waals surface area contributed by atoms with Crippen LogP contribution in [0.25, 0.3) is 0 Å². The van der Waals surface area contributed by atoms with Gasteiger partial charge in [-0.05, 0) is 30.3 Å². The Bertz CT molecular complexity index is 797. The van der Waals surface area contributed by atoms with E-state index in [4.69, 9.17) is 28.9 Å². The van der Waals surface area contributed by atoms with E-state index < -0.39 is 5.25 Å². The second-order valence-corrected chi connectivity index (χ2v) is 7.08. The molecule has 2 N–H and O–H groups in total. The van der Waals surface area contributed by atoms with Crippen LogP contribution >= 0.6 is 35.0 Å². The molecule has 1 saturated heterocycles. The van der Waals surface area contributed by atoms with E-state index in [0.717, 1.165) is 9.80 Å². The van der Waals surface area contributed by atoms with Crippen LogP contribution in [0.15, 0.2) is 47.4 Å². The van der Waals surface area contributed by atoms with E-state index in [0.29, 0.717) is 16.4 Å². The molecule has 2 amide bonds. The summed E-state index contributed by atoms with van der Waals surface area (Å²) in [5, 5.41) is 0.00141. The largest absolute Gasteiger partial charge is 0.399 e. The Morgan fingerprint density at radius 1 is 1.13 bits per heavy atom. The van der Waals surface area contributed by atoms with Gasteiger partial charge in [0.25, 0.3) is 0 Å². The molecule has 23 heavy (non-hydrogen) atoms. The topological polar surface area (TPSA) is 63.4 Å². The molecule has 1 atom stereocenters. The molecule has 0 radical (unpaired) electrons. The predicted molar refractivity (Wildman–Crippen MR) is 94.1 cm³/mol. The van der Waals surface area contributed by atoms with Crippen LogP contribution < -0.4 is 10.6 Å². The van der Waals surface area contributed by atoms with Crippen LogP contribution in [0.2, 0.25) is 10.0 Å². The van der Waals surface area contributed by atoms with Gasteiger partial charge in [0.05, 0.1) is 21.0 Å². The summed E-state index contributed by atoms with van der Waals surface area (Å²) < 4.78 is 0. The standard InChI is InChI=1S/C16H12Cl2N2O2S/c17-11-5-2-6-12(15(11)18)20-14(21)8-13(16(20)22)23-10-4-1-3-9(19)7-10/h1-7,13H,8,19H2. The van der Waals surface area contributed by atoms with Gasteiger partial charge in [-0.1, -0.05) is 35.3 Å². The van der Waals surface area contributed by atoms with Gasteiger partial charge >= 0.3 is 0 Å². The SMILES string of the molecule is Nc1cccc(SC2CC(=O)N(c3cccc(Cl)c3Cl)C2=O)c1.